The second-order valence-corrected chi connectivity index (χ2v) is 6.01. The Morgan fingerprint density at radius 2 is 1.71 bits per heavy atom. The van der Waals surface area contributed by atoms with Gasteiger partial charge in [0.1, 0.15) is 5.54 Å². The fourth-order valence-corrected chi connectivity index (χ4v) is 3.15. The minimum atomic E-state index is -0.726. The molecule has 6 heteroatoms. The van der Waals surface area contributed by atoms with E-state index in [0.717, 1.165) is 24.8 Å². The van der Waals surface area contributed by atoms with Crippen LogP contribution in [0.2, 0.25) is 0 Å². The van der Waals surface area contributed by atoms with Crippen molar-refractivity contribution < 1.29 is 19.0 Å². The third-order valence-electron chi connectivity index (χ3n) is 4.39. The summed E-state index contributed by atoms with van der Waals surface area (Å²) in [5.74, 6) is 1.33. The van der Waals surface area contributed by atoms with E-state index < -0.39 is 5.54 Å². The molecule has 1 saturated carbocycles. The summed E-state index contributed by atoms with van der Waals surface area (Å²) in [5.41, 5.74) is 0.0154. The highest BCUT2D eigenvalue weighted by Gasteiger charge is 2.33. The molecule has 0 radical (unpaired) electrons. The lowest BCUT2D eigenvalue weighted by Gasteiger charge is -2.31. The second-order valence-electron chi connectivity index (χ2n) is 6.01. The fraction of sp³-hybridized carbons (Fsp3) is 0.556. The molecule has 0 atom stereocenters. The molecule has 0 aliphatic heterocycles. The van der Waals surface area contributed by atoms with Crippen molar-refractivity contribution in [3.05, 3.63) is 17.7 Å². The Morgan fingerprint density at radius 3 is 2.17 bits per heavy atom. The van der Waals surface area contributed by atoms with Crippen LogP contribution in [-0.4, -0.2) is 32.8 Å². The van der Waals surface area contributed by atoms with Crippen molar-refractivity contribution in [1.82, 2.24) is 5.32 Å². The number of methoxy groups -OCH3 is 3. The van der Waals surface area contributed by atoms with E-state index in [9.17, 15) is 10.1 Å². The number of carbonyl (C=O) groups excluding carboxylic acids is 1. The fourth-order valence-electron chi connectivity index (χ4n) is 3.15. The van der Waals surface area contributed by atoms with Crippen LogP contribution in [0.1, 0.15) is 37.7 Å². The van der Waals surface area contributed by atoms with Gasteiger partial charge >= 0.3 is 0 Å². The number of hydrogen-bond donors (Lipinski definition) is 1. The van der Waals surface area contributed by atoms with Gasteiger partial charge in [0.2, 0.25) is 11.7 Å². The Labute approximate surface area is 142 Å². The van der Waals surface area contributed by atoms with Gasteiger partial charge in [0, 0.05) is 0 Å². The second kappa shape index (κ2) is 7.91. The molecule has 6 nitrogen and oxygen atoms in total. The van der Waals surface area contributed by atoms with E-state index in [-0.39, 0.29) is 12.3 Å². The zero-order chi connectivity index (χ0) is 17.6. The monoisotopic (exact) mass is 332 g/mol. The first-order chi connectivity index (χ1) is 11.6. The number of carbonyl (C=O) groups is 1. The Bertz CT molecular complexity index is 605. The van der Waals surface area contributed by atoms with Gasteiger partial charge in [-0.2, -0.15) is 5.26 Å². The van der Waals surface area contributed by atoms with Gasteiger partial charge in [0.25, 0.3) is 0 Å². The van der Waals surface area contributed by atoms with Gasteiger partial charge in [-0.3, -0.25) is 4.79 Å². The summed E-state index contributed by atoms with van der Waals surface area (Å²) in [5, 5.41) is 12.4. The minimum Gasteiger partial charge on any atom is -0.493 e. The summed E-state index contributed by atoms with van der Waals surface area (Å²) in [6.45, 7) is 0. The van der Waals surface area contributed by atoms with Crippen LogP contribution in [-0.2, 0) is 11.2 Å². The molecule has 24 heavy (non-hydrogen) atoms. The molecule has 0 aromatic heterocycles. The van der Waals surface area contributed by atoms with Crippen LogP contribution in [0, 0.1) is 11.3 Å². The average molecular weight is 332 g/mol. The predicted molar refractivity (Wildman–Crippen MR) is 89.4 cm³/mol. The van der Waals surface area contributed by atoms with Crippen LogP contribution in [0.3, 0.4) is 0 Å². The molecular formula is C18H24N2O4. The number of benzene rings is 1. The van der Waals surface area contributed by atoms with Crippen LogP contribution in [0.15, 0.2) is 12.1 Å². The third kappa shape index (κ3) is 3.91. The van der Waals surface area contributed by atoms with Crippen molar-refractivity contribution in [2.24, 2.45) is 0 Å². The molecule has 1 aliphatic rings. The van der Waals surface area contributed by atoms with Crippen LogP contribution < -0.4 is 19.5 Å². The lowest BCUT2D eigenvalue weighted by molar-refractivity contribution is -0.122. The van der Waals surface area contributed by atoms with Gasteiger partial charge in [-0.15, -0.1) is 0 Å². The molecule has 1 N–H and O–H groups in total. The number of nitriles is 1. The number of amides is 1. The van der Waals surface area contributed by atoms with E-state index in [4.69, 9.17) is 14.2 Å². The number of ether oxygens (including phenoxy) is 3. The molecule has 1 aromatic rings. The topological polar surface area (TPSA) is 80.6 Å². The van der Waals surface area contributed by atoms with E-state index in [0.29, 0.717) is 30.1 Å². The van der Waals surface area contributed by atoms with Crippen molar-refractivity contribution in [1.29, 1.82) is 5.26 Å². The molecular weight excluding hydrogens is 308 g/mol. The van der Waals surface area contributed by atoms with Crippen LogP contribution in [0.4, 0.5) is 0 Å². The van der Waals surface area contributed by atoms with Gasteiger partial charge in [-0.1, -0.05) is 19.3 Å². The highest BCUT2D eigenvalue weighted by Crippen LogP contribution is 2.38. The average Bonchev–Trinajstić information content (AvgIpc) is 2.61. The van der Waals surface area contributed by atoms with Gasteiger partial charge in [0.15, 0.2) is 11.5 Å². The van der Waals surface area contributed by atoms with E-state index >= 15 is 0 Å². The lowest BCUT2D eigenvalue weighted by Crippen LogP contribution is -2.49. The first-order valence-corrected chi connectivity index (χ1v) is 8.08. The van der Waals surface area contributed by atoms with E-state index in [1.165, 1.54) is 21.3 Å². The van der Waals surface area contributed by atoms with Crippen molar-refractivity contribution in [2.75, 3.05) is 21.3 Å². The molecule has 2 rings (SSSR count). The van der Waals surface area contributed by atoms with Crippen molar-refractivity contribution in [2.45, 2.75) is 44.1 Å². The maximum absolute atomic E-state index is 12.4. The summed E-state index contributed by atoms with van der Waals surface area (Å²) in [6, 6.07) is 5.80. The maximum Gasteiger partial charge on any atom is 0.225 e. The predicted octanol–water partition coefficient (Wildman–Crippen LogP) is 2.60. The molecule has 1 amide bonds. The highest BCUT2D eigenvalue weighted by atomic mass is 16.5. The molecule has 0 heterocycles. The molecule has 0 spiro atoms. The summed E-state index contributed by atoms with van der Waals surface area (Å²) >= 11 is 0. The van der Waals surface area contributed by atoms with Crippen LogP contribution in [0.25, 0.3) is 0 Å². The molecule has 1 aliphatic carbocycles. The number of nitrogens with one attached hydrogen (secondary N) is 1. The first-order valence-electron chi connectivity index (χ1n) is 8.08. The van der Waals surface area contributed by atoms with Gasteiger partial charge < -0.3 is 19.5 Å². The summed E-state index contributed by atoms with van der Waals surface area (Å²) in [4.78, 5) is 12.4. The molecule has 0 bridgehead atoms. The van der Waals surface area contributed by atoms with Crippen molar-refractivity contribution in [3.8, 4) is 23.3 Å². The first kappa shape index (κ1) is 17.9. The minimum absolute atomic E-state index is 0.153. The lowest BCUT2D eigenvalue weighted by atomic mass is 9.82. The smallest absolute Gasteiger partial charge is 0.225 e. The Balaban J connectivity index is 2.15. The molecule has 130 valence electrons. The SMILES string of the molecule is COc1cc(CC(=O)NC2(C#N)CCCCC2)cc(OC)c1OC. The van der Waals surface area contributed by atoms with Gasteiger partial charge in [-0.05, 0) is 30.5 Å². The summed E-state index contributed by atoms with van der Waals surface area (Å²) < 4.78 is 15.9. The zero-order valence-electron chi connectivity index (χ0n) is 14.5. The van der Waals surface area contributed by atoms with Gasteiger partial charge in [0.05, 0.1) is 33.8 Å². The Morgan fingerprint density at radius 1 is 1.12 bits per heavy atom. The van der Waals surface area contributed by atoms with E-state index in [2.05, 4.69) is 11.4 Å². The number of hydrogen-bond acceptors (Lipinski definition) is 5. The quantitative estimate of drug-likeness (QED) is 0.866. The van der Waals surface area contributed by atoms with Crippen molar-refractivity contribution >= 4 is 5.91 Å². The zero-order valence-corrected chi connectivity index (χ0v) is 14.5. The maximum atomic E-state index is 12.4. The van der Waals surface area contributed by atoms with E-state index in [1.807, 2.05) is 0 Å². The molecule has 0 saturated heterocycles. The third-order valence-corrected chi connectivity index (χ3v) is 4.39. The molecule has 1 fully saturated rings. The highest BCUT2D eigenvalue weighted by molar-refractivity contribution is 5.80. The Hall–Kier alpha value is -2.42. The Kier molecular flexibility index (Phi) is 5.91. The van der Waals surface area contributed by atoms with Crippen LogP contribution >= 0.6 is 0 Å². The summed E-state index contributed by atoms with van der Waals surface area (Å²) in [7, 11) is 4.61. The number of rotatable bonds is 6. The summed E-state index contributed by atoms with van der Waals surface area (Å²) in [6.07, 6.45) is 4.64. The van der Waals surface area contributed by atoms with Gasteiger partial charge in [-0.25, -0.2) is 0 Å². The largest absolute Gasteiger partial charge is 0.493 e. The molecule has 0 unspecified atom stereocenters. The van der Waals surface area contributed by atoms with Crippen molar-refractivity contribution in [3.63, 3.8) is 0 Å². The van der Waals surface area contributed by atoms with E-state index in [1.54, 1.807) is 12.1 Å². The van der Waals surface area contributed by atoms with Crippen LogP contribution in [0.5, 0.6) is 17.2 Å². The standard InChI is InChI=1S/C18H24N2O4/c1-22-14-9-13(10-15(23-2)17(14)24-3)11-16(21)20-18(12-19)7-5-4-6-8-18/h9-10H,4-8,11H2,1-3H3,(H,20,21). The normalized spacial score (nSPS) is 15.9. The molecule has 1 aromatic carbocycles. The number of nitrogens with zero attached hydrogens (tertiary/aromatic N) is 1.